The van der Waals surface area contributed by atoms with Gasteiger partial charge in [-0.1, -0.05) is 58.4 Å². The molecular formula is C25H23BrN2O3. The number of carbonyl (C=O) groups is 1. The first-order chi connectivity index (χ1) is 15.2. The summed E-state index contributed by atoms with van der Waals surface area (Å²) in [6.07, 6.45) is 4.16. The standard InChI is InChI=1S/C25H23BrN2O3/c1-2-8-19-9-6-7-12-23(19)30-15-16-31-24-14-13-22(26)17-21(24)18-27-28-25(29)20-10-4-3-5-11-20/h2-7,9-14,17-18H,1,8,15-16H2,(H,28,29)/b27-18-. The molecule has 0 aliphatic heterocycles. The van der Waals surface area contributed by atoms with Crippen molar-refractivity contribution in [3.05, 3.63) is 107 Å². The number of carbonyl (C=O) groups excluding carboxylic acids is 1. The second-order valence-corrected chi connectivity index (χ2v) is 7.46. The Balaban J connectivity index is 1.57. The average molecular weight is 479 g/mol. The van der Waals surface area contributed by atoms with E-state index in [1.807, 2.05) is 54.6 Å². The van der Waals surface area contributed by atoms with Crippen molar-refractivity contribution in [1.29, 1.82) is 0 Å². The molecule has 0 atom stereocenters. The van der Waals surface area contributed by atoms with Crippen LogP contribution in [0.2, 0.25) is 0 Å². The minimum atomic E-state index is -0.277. The number of ether oxygens (including phenoxy) is 2. The first-order valence-corrected chi connectivity index (χ1v) is 10.6. The summed E-state index contributed by atoms with van der Waals surface area (Å²) in [5, 5.41) is 4.06. The molecule has 3 aromatic carbocycles. The first-order valence-electron chi connectivity index (χ1n) is 9.80. The van der Waals surface area contributed by atoms with E-state index in [0.717, 1.165) is 27.8 Å². The molecule has 3 aromatic rings. The van der Waals surface area contributed by atoms with Crippen LogP contribution in [0.4, 0.5) is 0 Å². The Morgan fingerprint density at radius 1 is 0.968 bits per heavy atom. The van der Waals surface area contributed by atoms with E-state index in [1.165, 1.54) is 0 Å². The van der Waals surface area contributed by atoms with Crippen molar-refractivity contribution in [1.82, 2.24) is 5.43 Å². The normalized spacial score (nSPS) is 10.6. The maximum absolute atomic E-state index is 12.1. The molecule has 0 radical (unpaired) electrons. The topological polar surface area (TPSA) is 59.9 Å². The predicted molar refractivity (Wildman–Crippen MR) is 127 cm³/mol. The van der Waals surface area contributed by atoms with E-state index >= 15 is 0 Å². The van der Waals surface area contributed by atoms with Crippen molar-refractivity contribution in [2.24, 2.45) is 5.10 Å². The molecular weight excluding hydrogens is 456 g/mol. The lowest BCUT2D eigenvalue weighted by Gasteiger charge is -2.12. The summed E-state index contributed by atoms with van der Waals surface area (Å²) in [5.74, 6) is 1.19. The van der Waals surface area contributed by atoms with Crippen molar-refractivity contribution >= 4 is 28.1 Å². The summed E-state index contributed by atoms with van der Waals surface area (Å²) >= 11 is 3.45. The van der Waals surface area contributed by atoms with Crippen LogP contribution in [0.1, 0.15) is 21.5 Å². The van der Waals surface area contributed by atoms with Crippen LogP contribution in [-0.2, 0) is 6.42 Å². The molecule has 0 aromatic heterocycles. The number of allylic oxidation sites excluding steroid dienone is 1. The zero-order valence-corrected chi connectivity index (χ0v) is 18.5. The monoisotopic (exact) mass is 478 g/mol. The number of halogens is 1. The summed E-state index contributed by atoms with van der Waals surface area (Å²) in [6.45, 7) is 4.54. The highest BCUT2D eigenvalue weighted by atomic mass is 79.9. The number of benzene rings is 3. The molecule has 158 valence electrons. The lowest BCUT2D eigenvalue weighted by molar-refractivity contribution is 0.0955. The fourth-order valence-corrected chi connectivity index (χ4v) is 3.22. The number of nitrogens with zero attached hydrogens (tertiary/aromatic N) is 1. The van der Waals surface area contributed by atoms with Crippen LogP contribution >= 0.6 is 15.9 Å². The van der Waals surface area contributed by atoms with Crippen molar-refractivity contribution in [3.63, 3.8) is 0 Å². The molecule has 1 N–H and O–H groups in total. The lowest BCUT2D eigenvalue weighted by atomic mass is 10.1. The van der Waals surface area contributed by atoms with Gasteiger partial charge in [0.05, 0.1) is 6.21 Å². The van der Waals surface area contributed by atoms with Crippen molar-refractivity contribution in [3.8, 4) is 11.5 Å². The van der Waals surface area contributed by atoms with Crippen LogP contribution < -0.4 is 14.9 Å². The van der Waals surface area contributed by atoms with E-state index < -0.39 is 0 Å². The highest BCUT2D eigenvalue weighted by molar-refractivity contribution is 9.10. The van der Waals surface area contributed by atoms with E-state index in [2.05, 4.69) is 33.0 Å². The Morgan fingerprint density at radius 2 is 1.68 bits per heavy atom. The van der Waals surface area contributed by atoms with Gasteiger partial charge in [0, 0.05) is 15.6 Å². The number of hydrazone groups is 1. The van der Waals surface area contributed by atoms with Gasteiger partial charge in [0.15, 0.2) is 0 Å². The summed E-state index contributed by atoms with van der Waals surface area (Å²) in [6, 6.07) is 22.4. The summed E-state index contributed by atoms with van der Waals surface area (Å²) in [7, 11) is 0. The van der Waals surface area contributed by atoms with Crippen LogP contribution in [0.15, 0.2) is 95.0 Å². The van der Waals surface area contributed by atoms with Crippen LogP contribution in [0.25, 0.3) is 0 Å². The summed E-state index contributed by atoms with van der Waals surface area (Å²) in [4.78, 5) is 12.1. The molecule has 0 heterocycles. The fourth-order valence-electron chi connectivity index (χ4n) is 2.84. The molecule has 3 rings (SSSR count). The Bertz CT molecular complexity index is 1050. The van der Waals surface area contributed by atoms with Gasteiger partial charge in [-0.2, -0.15) is 5.10 Å². The SMILES string of the molecule is C=CCc1ccccc1OCCOc1ccc(Br)cc1/C=N\NC(=O)c1ccccc1. The summed E-state index contributed by atoms with van der Waals surface area (Å²) in [5.41, 5.74) is 4.89. The third-order valence-electron chi connectivity index (χ3n) is 4.31. The minimum Gasteiger partial charge on any atom is -0.490 e. The summed E-state index contributed by atoms with van der Waals surface area (Å²) < 4.78 is 12.6. The molecule has 0 fully saturated rings. The van der Waals surface area contributed by atoms with Crippen LogP contribution in [0.5, 0.6) is 11.5 Å². The number of amides is 1. The van der Waals surface area contributed by atoms with E-state index in [9.17, 15) is 4.79 Å². The highest BCUT2D eigenvalue weighted by Crippen LogP contribution is 2.22. The van der Waals surface area contributed by atoms with Crippen LogP contribution in [0, 0.1) is 0 Å². The first kappa shape index (κ1) is 22.3. The number of hydrogen-bond donors (Lipinski definition) is 1. The molecule has 0 aliphatic rings. The predicted octanol–water partition coefficient (Wildman–Crippen LogP) is 5.40. The van der Waals surface area contributed by atoms with E-state index in [0.29, 0.717) is 24.5 Å². The molecule has 6 heteroatoms. The molecule has 0 saturated carbocycles. The maximum Gasteiger partial charge on any atom is 0.271 e. The molecule has 0 aliphatic carbocycles. The molecule has 0 bridgehead atoms. The lowest BCUT2D eigenvalue weighted by Crippen LogP contribution is -2.17. The number of nitrogens with one attached hydrogen (secondary N) is 1. The quantitative estimate of drug-likeness (QED) is 0.183. The molecule has 31 heavy (non-hydrogen) atoms. The third kappa shape index (κ3) is 6.83. The van der Waals surface area contributed by atoms with Crippen molar-refractivity contribution < 1.29 is 14.3 Å². The second-order valence-electron chi connectivity index (χ2n) is 6.54. The van der Waals surface area contributed by atoms with Gasteiger partial charge in [-0.25, -0.2) is 5.43 Å². The smallest absolute Gasteiger partial charge is 0.271 e. The largest absolute Gasteiger partial charge is 0.490 e. The van der Waals surface area contributed by atoms with Crippen LogP contribution in [-0.4, -0.2) is 25.3 Å². The second kappa shape index (κ2) is 11.7. The van der Waals surface area contributed by atoms with Gasteiger partial charge in [-0.15, -0.1) is 6.58 Å². The Morgan fingerprint density at radius 3 is 2.45 bits per heavy atom. The number of rotatable bonds is 10. The number of para-hydroxylation sites is 1. The Kier molecular flexibility index (Phi) is 8.43. The third-order valence-corrected chi connectivity index (χ3v) is 4.81. The molecule has 0 spiro atoms. The van der Waals surface area contributed by atoms with Crippen LogP contribution in [0.3, 0.4) is 0 Å². The van der Waals surface area contributed by atoms with E-state index in [-0.39, 0.29) is 5.91 Å². The van der Waals surface area contributed by atoms with E-state index in [4.69, 9.17) is 9.47 Å². The van der Waals surface area contributed by atoms with Gasteiger partial charge in [0.2, 0.25) is 0 Å². The fraction of sp³-hybridized carbons (Fsp3) is 0.120. The molecule has 0 unspecified atom stereocenters. The zero-order chi connectivity index (χ0) is 21.9. The van der Waals surface area contributed by atoms with Crippen molar-refractivity contribution in [2.45, 2.75) is 6.42 Å². The van der Waals surface area contributed by atoms with Gasteiger partial charge in [-0.05, 0) is 48.4 Å². The van der Waals surface area contributed by atoms with Gasteiger partial charge in [0.1, 0.15) is 24.7 Å². The highest BCUT2D eigenvalue weighted by Gasteiger charge is 2.06. The van der Waals surface area contributed by atoms with Crippen molar-refractivity contribution in [2.75, 3.05) is 13.2 Å². The maximum atomic E-state index is 12.1. The molecule has 5 nitrogen and oxygen atoms in total. The van der Waals surface area contributed by atoms with Gasteiger partial charge in [-0.3, -0.25) is 4.79 Å². The minimum absolute atomic E-state index is 0.277. The van der Waals surface area contributed by atoms with E-state index in [1.54, 1.807) is 30.5 Å². The van der Waals surface area contributed by atoms with Gasteiger partial charge >= 0.3 is 0 Å². The van der Waals surface area contributed by atoms with Gasteiger partial charge in [0.25, 0.3) is 5.91 Å². The molecule has 1 amide bonds. The van der Waals surface area contributed by atoms with Gasteiger partial charge < -0.3 is 9.47 Å². The zero-order valence-electron chi connectivity index (χ0n) is 17.0. The number of hydrogen-bond acceptors (Lipinski definition) is 4. The average Bonchev–Trinajstić information content (AvgIpc) is 2.79. The Hall–Kier alpha value is -3.38. The molecule has 0 saturated heterocycles. The Labute approximate surface area is 190 Å².